The quantitative estimate of drug-likeness (QED) is 0.204. The normalized spacial score (nSPS) is 17.5. The fraction of sp³-hybridized carbons (Fsp3) is 1.00. The first-order valence-electron chi connectivity index (χ1n) is 6.15. The highest BCUT2D eigenvalue weighted by Gasteiger charge is 2.95. The first kappa shape index (κ1) is 28.8. The molecule has 0 amide bonds. The van der Waals surface area contributed by atoms with E-state index in [1.165, 1.54) is 0 Å². The van der Waals surface area contributed by atoms with Crippen molar-refractivity contribution in [2.24, 2.45) is 0 Å². The van der Waals surface area contributed by atoms with E-state index in [9.17, 15) is 74.6 Å². The van der Waals surface area contributed by atoms with E-state index in [2.05, 4.69) is 0 Å². The van der Waals surface area contributed by atoms with E-state index in [-0.39, 0.29) is 0 Å². The van der Waals surface area contributed by atoms with Crippen LogP contribution >= 0.6 is 31.9 Å². The highest BCUT2D eigenvalue weighted by molar-refractivity contribution is 9.12. The molecule has 1 atom stereocenters. The highest BCUT2D eigenvalue weighted by Crippen LogP contribution is 2.64. The molecule has 0 N–H and O–H groups in total. The maximum atomic E-state index is 13.3. The van der Waals surface area contributed by atoms with Gasteiger partial charge in [-0.3, -0.25) is 0 Å². The Morgan fingerprint density at radius 1 is 0.448 bits per heavy atom. The van der Waals surface area contributed by atoms with Gasteiger partial charge in [-0.1, -0.05) is 31.9 Å². The monoisotopic (exact) mass is 604 g/mol. The van der Waals surface area contributed by atoms with Crippen molar-refractivity contribution in [1.29, 1.82) is 0 Å². The predicted octanol–water partition coefficient (Wildman–Crippen LogP) is 7.15. The molecule has 0 unspecified atom stereocenters. The van der Waals surface area contributed by atoms with Crippen LogP contribution in [0.15, 0.2) is 0 Å². The summed E-state index contributed by atoms with van der Waals surface area (Å²) in [6.07, 6.45) is -7.76. The molecule has 0 aromatic carbocycles. The molecule has 0 saturated carbocycles. The summed E-state index contributed by atoms with van der Waals surface area (Å²) < 4.78 is 219. The van der Waals surface area contributed by atoms with Crippen LogP contribution in [0.3, 0.4) is 0 Å². The molecular formula is C10H3Br2F17. The smallest absolute Gasteiger partial charge is 0.198 e. The molecule has 29 heavy (non-hydrogen) atoms. The molecule has 0 aromatic heterocycles. The average Bonchev–Trinajstić information content (AvgIpc) is 2.51. The zero-order valence-electron chi connectivity index (χ0n) is 12.5. The Kier molecular flexibility index (Phi) is 7.37. The molecule has 0 rings (SSSR count). The van der Waals surface area contributed by atoms with Crippen LogP contribution < -0.4 is 0 Å². The standard InChI is InChI=1S/C10H3Br2F17/c11-1-2(12)3(13,14)4(15,16)5(17,18)6(19,20)7(21,22)8(23,24)9(25,26)10(27,28)29/h2H,1H2/t2-/m0/s1. The van der Waals surface area contributed by atoms with Crippen LogP contribution in [0.1, 0.15) is 0 Å². The molecule has 0 fully saturated rings. The Balaban J connectivity index is 6.73. The molecule has 176 valence electrons. The van der Waals surface area contributed by atoms with Gasteiger partial charge in [0.15, 0.2) is 0 Å². The van der Waals surface area contributed by atoms with Crippen molar-refractivity contribution >= 4 is 31.9 Å². The van der Waals surface area contributed by atoms with Gasteiger partial charge in [0.05, 0.1) is 4.83 Å². The van der Waals surface area contributed by atoms with Crippen LogP contribution in [0.2, 0.25) is 0 Å². The molecule has 0 heterocycles. The van der Waals surface area contributed by atoms with Gasteiger partial charge in [0.25, 0.3) is 0 Å². The zero-order chi connectivity index (χ0) is 24.3. The van der Waals surface area contributed by atoms with E-state index in [1.807, 2.05) is 15.9 Å². The molecule has 0 aliphatic carbocycles. The lowest BCUT2D eigenvalue weighted by Crippen LogP contribution is -2.75. The van der Waals surface area contributed by atoms with Gasteiger partial charge in [-0.15, -0.1) is 0 Å². The summed E-state index contributed by atoms with van der Waals surface area (Å²) in [4.78, 5) is -3.24. The van der Waals surface area contributed by atoms with Gasteiger partial charge >= 0.3 is 47.6 Å². The van der Waals surface area contributed by atoms with Crippen molar-refractivity contribution in [3.8, 4) is 0 Å². The van der Waals surface area contributed by atoms with Crippen molar-refractivity contribution < 1.29 is 74.6 Å². The molecule has 0 aliphatic rings. The number of rotatable bonds is 8. The van der Waals surface area contributed by atoms with E-state index < -0.39 is 57.8 Å². The molecular weight excluding hydrogens is 603 g/mol. The Morgan fingerprint density at radius 3 is 0.931 bits per heavy atom. The Labute approximate surface area is 165 Å². The van der Waals surface area contributed by atoms with E-state index in [0.717, 1.165) is 0 Å². The lowest BCUT2D eigenvalue weighted by molar-refractivity contribution is -0.461. The highest BCUT2D eigenvalue weighted by atomic mass is 79.9. The van der Waals surface area contributed by atoms with Crippen LogP contribution in [0, 0.1) is 0 Å². The minimum absolute atomic E-state index is 1.45. The molecule has 0 radical (unpaired) electrons. The van der Waals surface area contributed by atoms with Gasteiger partial charge < -0.3 is 0 Å². The Morgan fingerprint density at radius 2 is 0.690 bits per heavy atom. The fourth-order valence-electron chi connectivity index (χ4n) is 1.47. The van der Waals surface area contributed by atoms with Crippen molar-refractivity contribution in [1.82, 2.24) is 0 Å². The minimum Gasteiger partial charge on any atom is -0.198 e. The van der Waals surface area contributed by atoms with Crippen molar-refractivity contribution in [3.05, 3.63) is 0 Å². The van der Waals surface area contributed by atoms with Crippen molar-refractivity contribution in [2.45, 2.75) is 52.5 Å². The maximum absolute atomic E-state index is 13.3. The van der Waals surface area contributed by atoms with E-state index >= 15 is 0 Å². The third-order valence-corrected chi connectivity index (χ3v) is 5.69. The Bertz CT molecular complexity index is 592. The maximum Gasteiger partial charge on any atom is 0.460 e. The number of hydrogen-bond donors (Lipinski definition) is 0. The summed E-state index contributed by atoms with van der Waals surface area (Å²) in [5.41, 5.74) is 0. The second kappa shape index (κ2) is 7.43. The fourth-order valence-corrected chi connectivity index (χ4v) is 2.16. The second-order valence-corrected chi connectivity index (χ2v) is 6.94. The summed E-state index contributed by atoms with van der Waals surface area (Å²) in [6.45, 7) is 0. The lowest BCUT2D eigenvalue weighted by Gasteiger charge is -2.43. The molecule has 0 nitrogen and oxygen atoms in total. The van der Waals surface area contributed by atoms with E-state index in [1.54, 1.807) is 15.9 Å². The summed E-state index contributed by atoms with van der Waals surface area (Å²) in [5.74, 6) is -56.1. The van der Waals surface area contributed by atoms with Crippen molar-refractivity contribution in [2.75, 3.05) is 5.33 Å². The molecule has 0 aromatic rings. The minimum atomic E-state index is -8.60. The lowest BCUT2D eigenvalue weighted by atomic mass is 9.88. The van der Waals surface area contributed by atoms with Crippen LogP contribution in [0.25, 0.3) is 0 Å². The van der Waals surface area contributed by atoms with Gasteiger partial charge in [-0.05, 0) is 0 Å². The average molecular weight is 606 g/mol. The Hall–Kier alpha value is -0.230. The van der Waals surface area contributed by atoms with Crippen LogP contribution in [-0.4, -0.2) is 57.8 Å². The van der Waals surface area contributed by atoms with Gasteiger partial charge in [-0.25, -0.2) is 0 Å². The predicted molar refractivity (Wildman–Crippen MR) is 67.2 cm³/mol. The summed E-state index contributed by atoms with van der Waals surface area (Å²) in [6, 6.07) is 0. The van der Waals surface area contributed by atoms with Crippen LogP contribution in [0.5, 0.6) is 0 Å². The van der Waals surface area contributed by atoms with Crippen LogP contribution in [-0.2, 0) is 0 Å². The van der Waals surface area contributed by atoms with Crippen molar-refractivity contribution in [3.63, 3.8) is 0 Å². The second-order valence-electron chi connectivity index (χ2n) is 5.19. The van der Waals surface area contributed by atoms with E-state index in [0.29, 0.717) is 0 Å². The largest absolute Gasteiger partial charge is 0.460 e. The molecule has 19 heteroatoms. The van der Waals surface area contributed by atoms with Gasteiger partial charge in [0.1, 0.15) is 0 Å². The zero-order valence-corrected chi connectivity index (χ0v) is 15.6. The number of halogens is 19. The third kappa shape index (κ3) is 3.68. The summed E-state index contributed by atoms with van der Waals surface area (Å²) in [5, 5.41) is -1.45. The summed E-state index contributed by atoms with van der Waals surface area (Å²) >= 11 is 3.58. The van der Waals surface area contributed by atoms with E-state index in [4.69, 9.17) is 0 Å². The van der Waals surface area contributed by atoms with Gasteiger partial charge in [0.2, 0.25) is 0 Å². The summed E-state index contributed by atoms with van der Waals surface area (Å²) in [7, 11) is 0. The molecule has 0 saturated heterocycles. The third-order valence-electron chi connectivity index (χ3n) is 3.28. The first-order chi connectivity index (χ1) is 12.2. The topological polar surface area (TPSA) is 0 Å². The SMILES string of the molecule is FC(F)(F)C(F)(F)C(F)(F)C(F)(F)C(F)(F)C(F)(F)C(F)(F)C(F)(F)[C@@H](Br)CBr. The molecule has 0 bridgehead atoms. The number of alkyl halides is 19. The molecule has 0 aliphatic heterocycles. The van der Waals surface area contributed by atoms with Gasteiger partial charge in [-0.2, -0.15) is 74.6 Å². The van der Waals surface area contributed by atoms with Crippen LogP contribution in [0.4, 0.5) is 74.6 Å². The first-order valence-corrected chi connectivity index (χ1v) is 8.18. The molecule has 0 spiro atoms. The number of hydrogen-bond acceptors (Lipinski definition) is 0. The van der Waals surface area contributed by atoms with Gasteiger partial charge in [0, 0.05) is 5.33 Å².